The van der Waals surface area contributed by atoms with E-state index in [0.29, 0.717) is 6.42 Å². The number of carbonyl (C=O) groups is 1. The van der Waals surface area contributed by atoms with Gasteiger partial charge in [-0.2, -0.15) is 12.6 Å². The third-order valence-electron chi connectivity index (χ3n) is 1.32. The number of rotatable bonds is 4. The Morgan fingerprint density at radius 2 is 2.40 bits per heavy atom. The van der Waals surface area contributed by atoms with Gasteiger partial charge in [0.2, 0.25) is 0 Å². The second-order valence-electron chi connectivity index (χ2n) is 2.21. The molecule has 0 amide bonds. The van der Waals surface area contributed by atoms with Crippen LogP contribution in [-0.4, -0.2) is 16.3 Å². The first-order valence-corrected chi connectivity index (χ1v) is 3.63. The van der Waals surface area contributed by atoms with Crippen molar-refractivity contribution >= 4 is 18.6 Å². The van der Waals surface area contributed by atoms with E-state index in [-0.39, 0.29) is 5.25 Å². The van der Waals surface area contributed by atoms with E-state index >= 15 is 0 Å². The zero-order valence-corrected chi connectivity index (χ0v) is 6.84. The number of carboxylic acids is 1. The molecule has 0 fully saturated rings. The molecule has 2 atom stereocenters. The molecule has 10 heavy (non-hydrogen) atoms. The molecule has 0 bridgehead atoms. The lowest BCUT2D eigenvalue weighted by Gasteiger charge is -2.11. The average molecular weight is 160 g/mol. The van der Waals surface area contributed by atoms with Crippen LogP contribution in [0.5, 0.6) is 0 Å². The molecule has 0 saturated carbocycles. The summed E-state index contributed by atoms with van der Waals surface area (Å²) in [5.41, 5.74) is 0. The maximum Gasteiger partial charge on any atom is 0.307 e. The van der Waals surface area contributed by atoms with Gasteiger partial charge in [0, 0.05) is 5.25 Å². The Morgan fingerprint density at radius 3 is 2.50 bits per heavy atom. The van der Waals surface area contributed by atoms with E-state index in [1.165, 1.54) is 0 Å². The molecular weight excluding hydrogens is 148 g/mol. The summed E-state index contributed by atoms with van der Waals surface area (Å²) in [7, 11) is 0. The van der Waals surface area contributed by atoms with Crippen molar-refractivity contribution in [3.63, 3.8) is 0 Å². The Morgan fingerprint density at radius 1 is 1.90 bits per heavy atom. The first kappa shape index (κ1) is 9.56. The van der Waals surface area contributed by atoms with Gasteiger partial charge in [-0.25, -0.2) is 0 Å². The number of allylic oxidation sites excluding steroid dienone is 1. The summed E-state index contributed by atoms with van der Waals surface area (Å²) in [6.07, 6.45) is 2.09. The van der Waals surface area contributed by atoms with E-state index in [4.69, 9.17) is 5.11 Å². The molecular formula is C7H12O2S. The fourth-order valence-electron chi connectivity index (χ4n) is 0.684. The predicted molar refractivity (Wildman–Crippen MR) is 44.4 cm³/mol. The van der Waals surface area contributed by atoms with Crippen LogP contribution < -0.4 is 0 Å². The third-order valence-corrected chi connectivity index (χ3v) is 1.68. The molecule has 3 heteroatoms. The monoisotopic (exact) mass is 160 g/mol. The molecule has 0 radical (unpaired) electrons. The molecule has 2 unspecified atom stereocenters. The van der Waals surface area contributed by atoms with Crippen LogP contribution >= 0.6 is 12.6 Å². The van der Waals surface area contributed by atoms with Crippen molar-refractivity contribution in [3.05, 3.63) is 12.7 Å². The van der Waals surface area contributed by atoms with Gasteiger partial charge in [0.15, 0.2) is 0 Å². The Kier molecular flexibility index (Phi) is 4.19. The van der Waals surface area contributed by atoms with Crippen LogP contribution in [0.1, 0.15) is 13.3 Å². The van der Waals surface area contributed by atoms with Crippen LogP contribution in [0.2, 0.25) is 0 Å². The fraction of sp³-hybridized carbons (Fsp3) is 0.571. The second kappa shape index (κ2) is 4.39. The highest BCUT2D eigenvalue weighted by atomic mass is 32.1. The molecule has 58 valence electrons. The van der Waals surface area contributed by atoms with Crippen LogP contribution in [0.25, 0.3) is 0 Å². The van der Waals surface area contributed by atoms with Crippen molar-refractivity contribution in [2.24, 2.45) is 5.92 Å². The molecule has 0 heterocycles. The third kappa shape index (κ3) is 2.92. The minimum Gasteiger partial charge on any atom is -0.481 e. The second-order valence-corrected chi connectivity index (χ2v) is 3.02. The number of hydrogen-bond acceptors (Lipinski definition) is 2. The Bertz CT molecular complexity index is 132. The SMILES string of the molecule is C=CCC(C(=O)O)C(C)S. The molecule has 1 N–H and O–H groups in total. The first-order valence-electron chi connectivity index (χ1n) is 3.11. The van der Waals surface area contributed by atoms with Crippen molar-refractivity contribution in [1.82, 2.24) is 0 Å². The lowest BCUT2D eigenvalue weighted by molar-refractivity contribution is -0.141. The molecule has 0 aliphatic rings. The largest absolute Gasteiger partial charge is 0.481 e. The molecule has 0 aromatic carbocycles. The van der Waals surface area contributed by atoms with Crippen molar-refractivity contribution in [2.45, 2.75) is 18.6 Å². The van der Waals surface area contributed by atoms with Crippen LogP contribution in [0.3, 0.4) is 0 Å². The molecule has 0 aromatic heterocycles. The molecule has 2 nitrogen and oxygen atoms in total. The van der Waals surface area contributed by atoms with E-state index in [1.54, 1.807) is 13.0 Å². The van der Waals surface area contributed by atoms with E-state index in [0.717, 1.165) is 0 Å². The van der Waals surface area contributed by atoms with Gasteiger partial charge in [0.05, 0.1) is 5.92 Å². The summed E-state index contributed by atoms with van der Waals surface area (Å²) in [4.78, 5) is 10.4. The predicted octanol–water partition coefficient (Wildman–Crippen LogP) is 1.58. The van der Waals surface area contributed by atoms with E-state index in [2.05, 4.69) is 19.2 Å². The number of thiol groups is 1. The van der Waals surface area contributed by atoms with Gasteiger partial charge >= 0.3 is 5.97 Å². The number of hydrogen-bond donors (Lipinski definition) is 2. The maximum atomic E-state index is 10.4. The van der Waals surface area contributed by atoms with Crippen LogP contribution in [0.15, 0.2) is 12.7 Å². The summed E-state index contributed by atoms with van der Waals surface area (Å²) >= 11 is 4.04. The topological polar surface area (TPSA) is 37.3 Å². The highest BCUT2D eigenvalue weighted by molar-refractivity contribution is 7.81. The van der Waals surface area contributed by atoms with Crippen LogP contribution in [0, 0.1) is 5.92 Å². The molecule has 0 aromatic rings. The van der Waals surface area contributed by atoms with Crippen molar-refractivity contribution in [2.75, 3.05) is 0 Å². The Labute approximate surface area is 66.4 Å². The van der Waals surface area contributed by atoms with Gasteiger partial charge in [-0.1, -0.05) is 13.0 Å². The zero-order valence-electron chi connectivity index (χ0n) is 5.95. The number of aliphatic carboxylic acids is 1. The summed E-state index contributed by atoms with van der Waals surface area (Å²) < 4.78 is 0. The van der Waals surface area contributed by atoms with Gasteiger partial charge in [0.1, 0.15) is 0 Å². The number of carboxylic acid groups (broad SMARTS) is 1. The fourth-order valence-corrected chi connectivity index (χ4v) is 0.933. The van der Waals surface area contributed by atoms with Gasteiger partial charge in [0.25, 0.3) is 0 Å². The van der Waals surface area contributed by atoms with Gasteiger partial charge in [-0.05, 0) is 6.42 Å². The standard InChI is InChI=1S/C7H12O2S/c1-3-4-6(5(2)10)7(8)9/h3,5-6,10H,1,4H2,2H3,(H,8,9). The summed E-state index contributed by atoms with van der Waals surface area (Å²) in [5, 5.41) is 8.46. The van der Waals surface area contributed by atoms with Crippen LogP contribution in [-0.2, 0) is 4.79 Å². The molecule has 0 rings (SSSR count). The highest BCUT2D eigenvalue weighted by Crippen LogP contribution is 2.14. The van der Waals surface area contributed by atoms with Gasteiger partial charge in [-0.3, -0.25) is 4.79 Å². The lowest BCUT2D eigenvalue weighted by atomic mass is 10.0. The quantitative estimate of drug-likeness (QED) is 0.484. The molecule has 0 aliphatic carbocycles. The summed E-state index contributed by atoms with van der Waals surface area (Å²) in [5.74, 6) is -1.21. The Balaban J connectivity index is 3.97. The van der Waals surface area contributed by atoms with E-state index in [9.17, 15) is 4.79 Å². The van der Waals surface area contributed by atoms with Crippen molar-refractivity contribution in [3.8, 4) is 0 Å². The summed E-state index contributed by atoms with van der Waals surface area (Å²) in [6, 6.07) is 0. The lowest BCUT2D eigenvalue weighted by Crippen LogP contribution is -2.21. The normalized spacial score (nSPS) is 15.8. The zero-order chi connectivity index (χ0) is 8.15. The maximum absolute atomic E-state index is 10.4. The minimum absolute atomic E-state index is 0.115. The van der Waals surface area contributed by atoms with E-state index in [1.807, 2.05) is 0 Å². The van der Waals surface area contributed by atoms with E-state index < -0.39 is 11.9 Å². The highest BCUT2D eigenvalue weighted by Gasteiger charge is 2.19. The molecule has 0 saturated heterocycles. The van der Waals surface area contributed by atoms with Crippen molar-refractivity contribution < 1.29 is 9.90 Å². The van der Waals surface area contributed by atoms with Gasteiger partial charge < -0.3 is 5.11 Å². The van der Waals surface area contributed by atoms with Gasteiger partial charge in [-0.15, -0.1) is 6.58 Å². The van der Waals surface area contributed by atoms with Crippen LogP contribution in [0.4, 0.5) is 0 Å². The smallest absolute Gasteiger partial charge is 0.307 e. The Hall–Kier alpha value is -0.440. The first-order chi connectivity index (χ1) is 4.59. The average Bonchev–Trinajstić information content (AvgIpc) is 1.81. The molecule has 0 aliphatic heterocycles. The van der Waals surface area contributed by atoms with Crippen molar-refractivity contribution in [1.29, 1.82) is 0 Å². The molecule has 0 spiro atoms. The summed E-state index contributed by atoms with van der Waals surface area (Å²) in [6.45, 7) is 5.24. The minimum atomic E-state index is -0.803.